The SMILES string of the molecule is COc1ccc(-c2[nH]ncc2CN2CCC(CO)C2)cc1. The smallest absolute Gasteiger partial charge is 0.118 e. The predicted molar refractivity (Wildman–Crippen MR) is 81.0 cm³/mol. The molecular weight excluding hydrogens is 266 g/mol. The lowest BCUT2D eigenvalue weighted by Crippen LogP contribution is -2.21. The molecule has 5 heteroatoms. The maximum Gasteiger partial charge on any atom is 0.118 e. The Kier molecular flexibility index (Phi) is 4.22. The van der Waals surface area contributed by atoms with Crippen LogP contribution in [0.1, 0.15) is 12.0 Å². The first-order chi connectivity index (χ1) is 10.3. The van der Waals surface area contributed by atoms with E-state index in [0.717, 1.165) is 43.1 Å². The molecule has 21 heavy (non-hydrogen) atoms. The van der Waals surface area contributed by atoms with Gasteiger partial charge in [-0.1, -0.05) is 0 Å². The molecule has 1 atom stereocenters. The van der Waals surface area contributed by atoms with Gasteiger partial charge in [0.05, 0.1) is 19.0 Å². The summed E-state index contributed by atoms with van der Waals surface area (Å²) >= 11 is 0. The molecule has 0 spiro atoms. The number of benzene rings is 1. The molecule has 0 amide bonds. The molecule has 1 fully saturated rings. The number of methoxy groups -OCH3 is 1. The lowest BCUT2D eigenvalue weighted by Gasteiger charge is -2.15. The Morgan fingerprint density at radius 2 is 2.19 bits per heavy atom. The first kappa shape index (κ1) is 14.1. The molecule has 0 bridgehead atoms. The molecule has 1 unspecified atom stereocenters. The Morgan fingerprint density at radius 3 is 2.86 bits per heavy atom. The van der Waals surface area contributed by atoms with Crippen molar-refractivity contribution >= 4 is 0 Å². The van der Waals surface area contributed by atoms with Crippen LogP contribution in [0.2, 0.25) is 0 Å². The normalized spacial score (nSPS) is 19.0. The second-order valence-corrected chi connectivity index (χ2v) is 5.57. The van der Waals surface area contributed by atoms with E-state index in [1.807, 2.05) is 30.5 Å². The molecule has 1 aromatic carbocycles. The van der Waals surface area contributed by atoms with Crippen LogP contribution in [0.3, 0.4) is 0 Å². The van der Waals surface area contributed by atoms with Gasteiger partial charge in [-0.05, 0) is 43.1 Å². The van der Waals surface area contributed by atoms with Gasteiger partial charge in [0.15, 0.2) is 0 Å². The van der Waals surface area contributed by atoms with Crippen molar-refractivity contribution in [2.24, 2.45) is 5.92 Å². The van der Waals surface area contributed by atoms with Gasteiger partial charge in [-0.3, -0.25) is 10.00 Å². The van der Waals surface area contributed by atoms with Crippen LogP contribution in [0.15, 0.2) is 30.5 Å². The van der Waals surface area contributed by atoms with E-state index in [2.05, 4.69) is 15.1 Å². The number of aromatic nitrogens is 2. The standard InChI is InChI=1S/C16H21N3O2/c1-21-15-4-2-13(3-5-15)16-14(8-17-18-16)10-19-7-6-12(9-19)11-20/h2-5,8,12,20H,6-7,9-11H2,1H3,(H,17,18). The molecule has 3 rings (SSSR count). The van der Waals surface area contributed by atoms with E-state index in [0.29, 0.717) is 5.92 Å². The number of aliphatic hydroxyl groups excluding tert-OH is 1. The second kappa shape index (κ2) is 6.28. The third kappa shape index (κ3) is 3.09. The highest BCUT2D eigenvalue weighted by atomic mass is 16.5. The molecule has 2 heterocycles. The third-order valence-electron chi connectivity index (χ3n) is 4.12. The summed E-state index contributed by atoms with van der Waals surface area (Å²) in [7, 11) is 1.67. The van der Waals surface area contributed by atoms with Gasteiger partial charge >= 0.3 is 0 Å². The molecule has 0 aliphatic carbocycles. The molecule has 2 N–H and O–H groups in total. The van der Waals surface area contributed by atoms with Gasteiger partial charge in [0.1, 0.15) is 5.75 Å². The topological polar surface area (TPSA) is 61.4 Å². The number of nitrogens with zero attached hydrogens (tertiary/aromatic N) is 2. The highest BCUT2D eigenvalue weighted by molar-refractivity contribution is 5.63. The number of aromatic amines is 1. The summed E-state index contributed by atoms with van der Waals surface area (Å²) in [6, 6.07) is 7.99. The van der Waals surface area contributed by atoms with Crippen LogP contribution in [-0.4, -0.2) is 47.0 Å². The van der Waals surface area contributed by atoms with Crippen molar-refractivity contribution in [3.8, 4) is 17.0 Å². The lowest BCUT2D eigenvalue weighted by molar-refractivity contribution is 0.220. The van der Waals surface area contributed by atoms with Crippen molar-refractivity contribution in [3.63, 3.8) is 0 Å². The average molecular weight is 287 g/mol. The van der Waals surface area contributed by atoms with Crippen LogP contribution in [0.25, 0.3) is 11.3 Å². The molecule has 5 nitrogen and oxygen atoms in total. The fraction of sp³-hybridized carbons (Fsp3) is 0.438. The zero-order valence-electron chi connectivity index (χ0n) is 12.2. The number of rotatable bonds is 5. The minimum Gasteiger partial charge on any atom is -0.497 e. The van der Waals surface area contributed by atoms with Gasteiger partial charge in [-0.2, -0.15) is 5.10 Å². The van der Waals surface area contributed by atoms with Crippen molar-refractivity contribution in [3.05, 3.63) is 36.0 Å². The van der Waals surface area contributed by atoms with Crippen LogP contribution >= 0.6 is 0 Å². The average Bonchev–Trinajstić information content (AvgIpc) is 3.17. The molecule has 0 radical (unpaired) electrons. The number of aliphatic hydroxyl groups is 1. The molecule has 1 aromatic heterocycles. The fourth-order valence-corrected chi connectivity index (χ4v) is 2.89. The van der Waals surface area contributed by atoms with Crippen molar-refractivity contribution in [2.75, 3.05) is 26.8 Å². The van der Waals surface area contributed by atoms with Crippen LogP contribution in [0.5, 0.6) is 5.75 Å². The minimum absolute atomic E-state index is 0.285. The molecule has 1 aliphatic heterocycles. The molecular formula is C16H21N3O2. The molecule has 0 saturated carbocycles. The van der Waals surface area contributed by atoms with Crippen molar-refractivity contribution in [1.82, 2.24) is 15.1 Å². The second-order valence-electron chi connectivity index (χ2n) is 5.57. The van der Waals surface area contributed by atoms with E-state index in [-0.39, 0.29) is 6.61 Å². The van der Waals surface area contributed by atoms with E-state index in [9.17, 15) is 5.11 Å². The van der Waals surface area contributed by atoms with Gasteiger partial charge in [0, 0.05) is 30.8 Å². The molecule has 1 saturated heterocycles. The molecule has 112 valence electrons. The molecule has 2 aromatic rings. The summed E-state index contributed by atoms with van der Waals surface area (Å²) in [6.45, 7) is 3.16. The third-order valence-corrected chi connectivity index (χ3v) is 4.12. The first-order valence-electron chi connectivity index (χ1n) is 7.30. The van der Waals surface area contributed by atoms with Crippen molar-refractivity contribution in [1.29, 1.82) is 0 Å². The van der Waals surface area contributed by atoms with Gasteiger partial charge in [0.25, 0.3) is 0 Å². The first-order valence-corrected chi connectivity index (χ1v) is 7.30. The van der Waals surface area contributed by atoms with Gasteiger partial charge in [-0.25, -0.2) is 0 Å². The number of ether oxygens (including phenoxy) is 1. The Morgan fingerprint density at radius 1 is 1.38 bits per heavy atom. The van der Waals surface area contributed by atoms with E-state index in [1.165, 1.54) is 5.56 Å². The van der Waals surface area contributed by atoms with Crippen LogP contribution in [-0.2, 0) is 6.54 Å². The van der Waals surface area contributed by atoms with E-state index in [4.69, 9.17) is 4.74 Å². The van der Waals surface area contributed by atoms with Gasteiger partial charge < -0.3 is 9.84 Å². The lowest BCUT2D eigenvalue weighted by atomic mass is 10.1. The summed E-state index contributed by atoms with van der Waals surface area (Å²) in [6.07, 6.45) is 2.97. The van der Waals surface area contributed by atoms with E-state index < -0.39 is 0 Å². The van der Waals surface area contributed by atoms with Crippen LogP contribution < -0.4 is 4.74 Å². The minimum atomic E-state index is 0.285. The van der Waals surface area contributed by atoms with Crippen molar-refractivity contribution < 1.29 is 9.84 Å². The van der Waals surface area contributed by atoms with Gasteiger partial charge in [-0.15, -0.1) is 0 Å². The summed E-state index contributed by atoms with van der Waals surface area (Å²) < 4.78 is 5.19. The zero-order valence-corrected chi connectivity index (χ0v) is 12.2. The van der Waals surface area contributed by atoms with E-state index >= 15 is 0 Å². The largest absolute Gasteiger partial charge is 0.497 e. The van der Waals surface area contributed by atoms with Gasteiger partial charge in [0.2, 0.25) is 0 Å². The number of likely N-dealkylation sites (tertiary alicyclic amines) is 1. The summed E-state index contributed by atoms with van der Waals surface area (Å²) in [4.78, 5) is 2.37. The number of hydrogen-bond donors (Lipinski definition) is 2. The number of hydrogen-bond acceptors (Lipinski definition) is 4. The van der Waals surface area contributed by atoms with E-state index in [1.54, 1.807) is 7.11 Å². The Bertz CT molecular complexity index is 579. The van der Waals surface area contributed by atoms with Crippen LogP contribution in [0, 0.1) is 5.92 Å². The Labute approximate surface area is 124 Å². The van der Waals surface area contributed by atoms with Crippen LogP contribution in [0.4, 0.5) is 0 Å². The highest BCUT2D eigenvalue weighted by Gasteiger charge is 2.22. The summed E-state index contributed by atoms with van der Waals surface area (Å²) in [5, 5.41) is 16.5. The number of H-pyrrole nitrogens is 1. The molecule has 1 aliphatic rings. The quantitative estimate of drug-likeness (QED) is 0.881. The highest BCUT2D eigenvalue weighted by Crippen LogP contribution is 2.26. The maximum atomic E-state index is 9.23. The number of nitrogens with one attached hydrogen (secondary N) is 1. The monoisotopic (exact) mass is 287 g/mol. The summed E-state index contributed by atoms with van der Waals surface area (Å²) in [5.41, 5.74) is 3.37. The summed E-state index contributed by atoms with van der Waals surface area (Å²) in [5.74, 6) is 1.27. The Hall–Kier alpha value is -1.85. The zero-order chi connectivity index (χ0) is 14.7. The fourth-order valence-electron chi connectivity index (χ4n) is 2.89. The van der Waals surface area contributed by atoms with Crippen molar-refractivity contribution in [2.45, 2.75) is 13.0 Å². The maximum absolute atomic E-state index is 9.23. The predicted octanol–water partition coefficient (Wildman–Crippen LogP) is 1.90. The Balaban J connectivity index is 1.74.